The number of hydrogen-bond donors (Lipinski definition) is 1. The van der Waals surface area contributed by atoms with E-state index in [0.29, 0.717) is 35.2 Å². The largest absolute Gasteiger partial charge is 0.496 e. The van der Waals surface area contributed by atoms with Crippen LogP contribution in [0.5, 0.6) is 17.2 Å². The Morgan fingerprint density at radius 3 is 1.81 bits per heavy atom. The van der Waals surface area contributed by atoms with Crippen LogP contribution in [-0.2, 0) is 0 Å². The monoisotopic (exact) mass is 296 g/mol. The van der Waals surface area contributed by atoms with E-state index in [4.69, 9.17) is 14.2 Å². The van der Waals surface area contributed by atoms with Gasteiger partial charge in [0.1, 0.15) is 17.2 Å². The summed E-state index contributed by atoms with van der Waals surface area (Å²) in [4.78, 5) is 0. The van der Waals surface area contributed by atoms with E-state index in [0.717, 1.165) is 0 Å². The zero-order chi connectivity index (χ0) is 16.2. The third-order valence-electron chi connectivity index (χ3n) is 4.14. The molecule has 4 heteroatoms. The van der Waals surface area contributed by atoms with Crippen molar-refractivity contribution in [3.63, 3.8) is 0 Å². The van der Waals surface area contributed by atoms with Gasteiger partial charge >= 0.3 is 0 Å². The van der Waals surface area contributed by atoms with Crippen molar-refractivity contribution in [3.05, 3.63) is 17.7 Å². The molecule has 0 amide bonds. The molecule has 0 saturated heterocycles. The van der Waals surface area contributed by atoms with Crippen molar-refractivity contribution in [3.8, 4) is 17.2 Å². The van der Waals surface area contributed by atoms with Crippen LogP contribution in [0, 0.1) is 11.3 Å². The molecule has 120 valence electrons. The van der Waals surface area contributed by atoms with E-state index in [2.05, 4.69) is 27.7 Å². The minimum Gasteiger partial charge on any atom is -0.496 e. The third-order valence-corrected chi connectivity index (χ3v) is 4.14. The van der Waals surface area contributed by atoms with Crippen molar-refractivity contribution in [2.75, 3.05) is 21.3 Å². The molecule has 0 aromatic heterocycles. The predicted octanol–water partition coefficient (Wildman–Crippen LogP) is 3.82. The van der Waals surface area contributed by atoms with Gasteiger partial charge in [0.25, 0.3) is 0 Å². The first kappa shape index (κ1) is 17.6. The Labute approximate surface area is 128 Å². The van der Waals surface area contributed by atoms with Crippen molar-refractivity contribution in [1.82, 2.24) is 0 Å². The first-order chi connectivity index (χ1) is 9.74. The van der Waals surface area contributed by atoms with Crippen molar-refractivity contribution >= 4 is 0 Å². The van der Waals surface area contributed by atoms with Gasteiger partial charge in [-0.1, -0.05) is 27.7 Å². The molecule has 1 aromatic carbocycles. The summed E-state index contributed by atoms with van der Waals surface area (Å²) in [5.74, 6) is 2.16. The van der Waals surface area contributed by atoms with E-state index in [1.54, 1.807) is 33.5 Å². The van der Waals surface area contributed by atoms with E-state index in [-0.39, 0.29) is 5.41 Å². The zero-order valence-electron chi connectivity index (χ0n) is 14.2. The molecule has 0 aliphatic rings. The molecule has 0 aliphatic carbocycles. The van der Waals surface area contributed by atoms with Crippen molar-refractivity contribution in [2.45, 2.75) is 40.2 Å². The van der Waals surface area contributed by atoms with Gasteiger partial charge in [0.15, 0.2) is 0 Å². The molecule has 0 fully saturated rings. The fraction of sp³-hybridized carbons (Fsp3) is 0.647. The van der Waals surface area contributed by atoms with Gasteiger partial charge in [-0.15, -0.1) is 0 Å². The highest BCUT2D eigenvalue weighted by molar-refractivity contribution is 5.51. The Hall–Kier alpha value is -1.42. The Bertz CT molecular complexity index is 437. The first-order valence-electron chi connectivity index (χ1n) is 7.22. The molecule has 21 heavy (non-hydrogen) atoms. The van der Waals surface area contributed by atoms with Crippen LogP contribution in [0.4, 0.5) is 0 Å². The molecule has 4 nitrogen and oxygen atoms in total. The molecule has 0 radical (unpaired) electrons. The fourth-order valence-corrected chi connectivity index (χ4v) is 2.17. The van der Waals surface area contributed by atoms with Crippen LogP contribution in [0.3, 0.4) is 0 Å². The summed E-state index contributed by atoms with van der Waals surface area (Å²) in [5.41, 5.74) is 0.811. The summed E-state index contributed by atoms with van der Waals surface area (Å²) in [6.45, 7) is 8.66. The maximum atomic E-state index is 10.6. The Balaban J connectivity index is 3.15. The molecular weight excluding hydrogens is 268 g/mol. The third kappa shape index (κ3) is 4.27. The topological polar surface area (TPSA) is 47.9 Å². The van der Waals surface area contributed by atoms with Crippen molar-refractivity contribution < 1.29 is 19.3 Å². The van der Waals surface area contributed by atoms with Crippen LogP contribution < -0.4 is 14.2 Å². The Kier molecular flexibility index (Phi) is 5.90. The van der Waals surface area contributed by atoms with Gasteiger partial charge in [0.2, 0.25) is 0 Å². The number of ether oxygens (including phenoxy) is 3. The average molecular weight is 296 g/mol. The number of aliphatic hydroxyl groups is 1. The lowest BCUT2D eigenvalue weighted by Crippen LogP contribution is -2.20. The van der Waals surface area contributed by atoms with Gasteiger partial charge in [-0.05, 0) is 17.8 Å². The lowest BCUT2D eigenvalue weighted by Gasteiger charge is -2.30. The Morgan fingerprint density at radius 2 is 1.48 bits per heavy atom. The number of methoxy groups -OCH3 is 3. The number of benzene rings is 1. The highest BCUT2D eigenvalue weighted by Gasteiger charge is 2.27. The predicted molar refractivity (Wildman–Crippen MR) is 84.3 cm³/mol. The van der Waals surface area contributed by atoms with E-state index in [1.165, 1.54) is 0 Å². The van der Waals surface area contributed by atoms with E-state index < -0.39 is 6.10 Å². The van der Waals surface area contributed by atoms with Crippen LogP contribution in [0.2, 0.25) is 0 Å². The molecular formula is C17H28O4. The summed E-state index contributed by atoms with van der Waals surface area (Å²) in [6, 6.07) is 3.53. The lowest BCUT2D eigenvalue weighted by molar-refractivity contribution is 0.106. The summed E-state index contributed by atoms with van der Waals surface area (Å²) in [7, 11) is 4.75. The summed E-state index contributed by atoms with van der Waals surface area (Å²) in [5, 5.41) is 10.6. The van der Waals surface area contributed by atoms with Crippen molar-refractivity contribution in [2.24, 2.45) is 11.3 Å². The maximum Gasteiger partial charge on any atom is 0.132 e. The van der Waals surface area contributed by atoms with Gasteiger partial charge in [-0.25, -0.2) is 0 Å². The van der Waals surface area contributed by atoms with Crippen LogP contribution in [0.25, 0.3) is 0 Å². The van der Waals surface area contributed by atoms with E-state index in [9.17, 15) is 5.11 Å². The maximum absolute atomic E-state index is 10.6. The smallest absolute Gasteiger partial charge is 0.132 e. The van der Waals surface area contributed by atoms with Gasteiger partial charge in [0.05, 0.1) is 33.0 Å². The summed E-state index contributed by atoms with van der Waals surface area (Å²) < 4.78 is 16.0. The molecule has 1 aromatic rings. The normalized spacial score (nSPS) is 14.5. The minimum absolute atomic E-state index is 0.133. The molecule has 0 saturated carbocycles. The summed E-state index contributed by atoms with van der Waals surface area (Å²) >= 11 is 0. The molecule has 2 unspecified atom stereocenters. The molecule has 0 spiro atoms. The summed E-state index contributed by atoms with van der Waals surface area (Å²) in [6.07, 6.45) is -0.00207. The lowest BCUT2D eigenvalue weighted by atomic mass is 9.78. The second-order valence-corrected chi connectivity index (χ2v) is 6.46. The van der Waals surface area contributed by atoms with Crippen LogP contribution in [-0.4, -0.2) is 26.4 Å². The second kappa shape index (κ2) is 7.03. The van der Waals surface area contributed by atoms with E-state index in [1.807, 2.05) is 0 Å². The number of hydrogen-bond acceptors (Lipinski definition) is 4. The zero-order valence-corrected chi connectivity index (χ0v) is 14.2. The van der Waals surface area contributed by atoms with Gasteiger partial charge in [-0.3, -0.25) is 0 Å². The molecule has 1 N–H and O–H groups in total. The Morgan fingerprint density at radius 1 is 1.00 bits per heavy atom. The molecule has 0 bridgehead atoms. The molecule has 2 atom stereocenters. The fourth-order valence-electron chi connectivity index (χ4n) is 2.17. The van der Waals surface area contributed by atoms with Crippen LogP contribution in [0.15, 0.2) is 12.1 Å². The van der Waals surface area contributed by atoms with Gasteiger partial charge < -0.3 is 19.3 Å². The highest BCUT2D eigenvalue weighted by atomic mass is 16.5. The van der Waals surface area contributed by atoms with Gasteiger partial charge in [0, 0.05) is 12.1 Å². The molecule has 0 heterocycles. The second-order valence-electron chi connectivity index (χ2n) is 6.46. The highest BCUT2D eigenvalue weighted by Crippen LogP contribution is 2.42. The van der Waals surface area contributed by atoms with Gasteiger partial charge in [-0.2, -0.15) is 0 Å². The molecule has 1 rings (SSSR count). The van der Waals surface area contributed by atoms with Crippen molar-refractivity contribution in [1.29, 1.82) is 0 Å². The quantitative estimate of drug-likeness (QED) is 0.867. The average Bonchev–Trinajstić information content (AvgIpc) is 2.44. The van der Waals surface area contributed by atoms with Crippen LogP contribution >= 0.6 is 0 Å². The number of aliphatic hydroxyl groups excluding tert-OH is 1. The first-order valence-corrected chi connectivity index (χ1v) is 7.22. The number of rotatable bonds is 6. The van der Waals surface area contributed by atoms with E-state index >= 15 is 0 Å². The SMILES string of the molecule is COc1cc(OC)c(C(O)CC(C)C(C)(C)C)c(OC)c1. The van der Waals surface area contributed by atoms with Crippen LogP contribution in [0.1, 0.15) is 45.8 Å². The standard InChI is InChI=1S/C17H28O4/c1-11(17(2,3)4)8-13(18)16-14(20-6)9-12(19-5)10-15(16)21-7/h9-11,13,18H,8H2,1-7H3. The molecule has 0 aliphatic heterocycles. The minimum atomic E-state index is -0.643.